The molecule has 1 saturated heterocycles. The number of nitrogens with one attached hydrogen (secondary N) is 1. The highest BCUT2D eigenvalue weighted by atomic mass is 32.1. The fraction of sp³-hybridized carbons (Fsp3) is 0.222. The Labute approximate surface area is 202 Å². The van der Waals surface area contributed by atoms with Gasteiger partial charge in [-0.15, -0.1) is 11.3 Å². The SMILES string of the molecule is CC1CCN(c2ccc(NC3=C(c4cccs4)C(=O)N(c4ccc(C#N)cc4)C3=O)cc2)CC1. The number of hydrogen-bond donors (Lipinski definition) is 1. The molecule has 3 aromatic rings. The number of anilines is 3. The summed E-state index contributed by atoms with van der Waals surface area (Å²) in [6.07, 6.45) is 2.39. The smallest absolute Gasteiger partial charge is 0.282 e. The van der Waals surface area contributed by atoms with Gasteiger partial charge >= 0.3 is 0 Å². The van der Waals surface area contributed by atoms with Gasteiger partial charge in [0.25, 0.3) is 11.8 Å². The van der Waals surface area contributed by atoms with Gasteiger partial charge in [-0.3, -0.25) is 9.59 Å². The Morgan fingerprint density at radius 2 is 1.62 bits per heavy atom. The first kappa shape index (κ1) is 21.9. The van der Waals surface area contributed by atoms with E-state index >= 15 is 0 Å². The Bertz CT molecular complexity index is 1280. The van der Waals surface area contributed by atoms with Crippen molar-refractivity contribution < 1.29 is 9.59 Å². The van der Waals surface area contributed by atoms with Crippen LogP contribution in [-0.4, -0.2) is 24.9 Å². The molecule has 2 aliphatic rings. The van der Waals surface area contributed by atoms with Crippen molar-refractivity contribution in [1.29, 1.82) is 5.26 Å². The molecule has 0 unspecified atom stereocenters. The quantitative estimate of drug-likeness (QED) is 0.518. The summed E-state index contributed by atoms with van der Waals surface area (Å²) in [5.74, 6) is -0.0179. The Hall–Kier alpha value is -3.89. The third-order valence-corrected chi connectivity index (χ3v) is 7.28. The van der Waals surface area contributed by atoms with E-state index in [0.717, 1.165) is 35.3 Å². The lowest BCUT2D eigenvalue weighted by atomic mass is 9.99. The maximum atomic E-state index is 13.4. The van der Waals surface area contributed by atoms with Gasteiger partial charge < -0.3 is 10.2 Å². The number of amides is 2. The van der Waals surface area contributed by atoms with Gasteiger partial charge in [-0.1, -0.05) is 13.0 Å². The summed E-state index contributed by atoms with van der Waals surface area (Å²) in [5, 5.41) is 14.2. The van der Waals surface area contributed by atoms with Gasteiger partial charge in [-0.25, -0.2) is 4.90 Å². The van der Waals surface area contributed by atoms with Crippen LogP contribution < -0.4 is 15.1 Å². The molecule has 0 spiro atoms. The van der Waals surface area contributed by atoms with Crippen LogP contribution >= 0.6 is 11.3 Å². The molecule has 0 saturated carbocycles. The van der Waals surface area contributed by atoms with E-state index in [2.05, 4.69) is 35.3 Å². The molecule has 0 bridgehead atoms. The molecule has 34 heavy (non-hydrogen) atoms. The standard InChI is InChI=1S/C27H24N4O2S/c1-18-12-14-30(15-13-18)21-10-6-20(7-11-21)29-25-24(23-3-2-16-34-23)26(32)31(27(25)33)22-8-4-19(17-28)5-9-22/h2-11,16,18,29H,12-15H2,1H3. The molecule has 3 heterocycles. The van der Waals surface area contributed by atoms with Crippen molar-refractivity contribution in [3.05, 3.63) is 82.2 Å². The number of imide groups is 1. The zero-order valence-corrected chi connectivity index (χ0v) is 19.6. The predicted octanol–water partition coefficient (Wildman–Crippen LogP) is 5.25. The van der Waals surface area contributed by atoms with Crippen LogP contribution in [0.25, 0.3) is 5.57 Å². The number of nitrogens with zero attached hydrogens (tertiary/aromatic N) is 3. The lowest BCUT2D eigenvalue weighted by molar-refractivity contribution is -0.120. The summed E-state index contributed by atoms with van der Waals surface area (Å²) in [6, 6.07) is 20.2. The van der Waals surface area contributed by atoms with Crippen LogP contribution in [0.3, 0.4) is 0 Å². The van der Waals surface area contributed by atoms with E-state index in [0.29, 0.717) is 16.8 Å². The van der Waals surface area contributed by atoms with Crippen LogP contribution in [0.15, 0.2) is 71.7 Å². The third-order valence-electron chi connectivity index (χ3n) is 6.39. The van der Waals surface area contributed by atoms with E-state index in [1.165, 1.54) is 29.1 Å². The highest BCUT2D eigenvalue weighted by Crippen LogP contribution is 2.36. The maximum absolute atomic E-state index is 13.4. The van der Waals surface area contributed by atoms with Crippen LogP contribution in [-0.2, 0) is 9.59 Å². The molecule has 7 heteroatoms. The Balaban J connectivity index is 1.43. The molecule has 1 fully saturated rings. The van der Waals surface area contributed by atoms with Crippen molar-refractivity contribution in [3.63, 3.8) is 0 Å². The van der Waals surface area contributed by atoms with E-state index in [9.17, 15) is 9.59 Å². The van der Waals surface area contributed by atoms with Gasteiger partial charge in [0.2, 0.25) is 0 Å². The molecular formula is C27H24N4O2S. The number of benzene rings is 2. The van der Waals surface area contributed by atoms with E-state index in [-0.39, 0.29) is 11.6 Å². The van der Waals surface area contributed by atoms with Crippen molar-refractivity contribution in [2.24, 2.45) is 5.92 Å². The van der Waals surface area contributed by atoms with Crippen molar-refractivity contribution >= 4 is 45.8 Å². The molecule has 170 valence electrons. The van der Waals surface area contributed by atoms with Crippen LogP contribution in [0.5, 0.6) is 0 Å². The van der Waals surface area contributed by atoms with Crippen LogP contribution in [0, 0.1) is 17.2 Å². The first-order chi connectivity index (χ1) is 16.5. The Morgan fingerprint density at radius 3 is 2.24 bits per heavy atom. The van der Waals surface area contributed by atoms with Crippen molar-refractivity contribution in [1.82, 2.24) is 0 Å². The third kappa shape index (κ3) is 4.09. The van der Waals surface area contributed by atoms with E-state index in [1.54, 1.807) is 24.3 Å². The second-order valence-electron chi connectivity index (χ2n) is 8.67. The lowest BCUT2D eigenvalue weighted by Gasteiger charge is -2.32. The lowest BCUT2D eigenvalue weighted by Crippen LogP contribution is -2.32. The van der Waals surface area contributed by atoms with Gasteiger partial charge in [-0.05, 0) is 78.7 Å². The zero-order chi connectivity index (χ0) is 23.7. The molecule has 5 rings (SSSR count). The minimum absolute atomic E-state index is 0.261. The fourth-order valence-electron chi connectivity index (χ4n) is 4.38. The summed E-state index contributed by atoms with van der Waals surface area (Å²) in [7, 11) is 0. The van der Waals surface area contributed by atoms with Crippen molar-refractivity contribution in [3.8, 4) is 6.07 Å². The molecule has 0 radical (unpaired) electrons. The molecule has 2 aliphatic heterocycles. The summed E-state index contributed by atoms with van der Waals surface area (Å²) < 4.78 is 0. The number of rotatable bonds is 5. The number of nitriles is 1. The van der Waals surface area contributed by atoms with Gasteiger partial charge in [0.05, 0.1) is 22.9 Å². The van der Waals surface area contributed by atoms with Crippen LogP contribution in [0.4, 0.5) is 17.1 Å². The van der Waals surface area contributed by atoms with Gasteiger partial charge in [0.15, 0.2) is 0 Å². The number of piperidine rings is 1. The summed E-state index contributed by atoms with van der Waals surface area (Å²) >= 11 is 1.42. The second kappa shape index (κ2) is 9.16. The van der Waals surface area contributed by atoms with Gasteiger partial charge in [0.1, 0.15) is 5.70 Å². The van der Waals surface area contributed by atoms with Crippen LogP contribution in [0.2, 0.25) is 0 Å². The largest absolute Gasteiger partial charge is 0.372 e. The molecule has 1 aromatic heterocycles. The van der Waals surface area contributed by atoms with Crippen molar-refractivity contribution in [2.75, 3.05) is 28.2 Å². The average molecular weight is 469 g/mol. The maximum Gasteiger partial charge on any atom is 0.282 e. The number of thiophene rings is 1. The average Bonchev–Trinajstić information content (AvgIpc) is 3.47. The topological polar surface area (TPSA) is 76.4 Å². The van der Waals surface area contributed by atoms with E-state index < -0.39 is 5.91 Å². The van der Waals surface area contributed by atoms with E-state index in [1.807, 2.05) is 29.6 Å². The molecule has 1 N–H and O–H groups in total. The molecule has 2 aromatic carbocycles. The van der Waals surface area contributed by atoms with Gasteiger partial charge in [-0.2, -0.15) is 5.26 Å². The molecule has 0 atom stereocenters. The summed E-state index contributed by atoms with van der Waals surface area (Å²) in [6.45, 7) is 4.40. The minimum Gasteiger partial charge on any atom is -0.372 e. The van der Waals surface area contributed by atoms with E-state index in [4.69, 9.17) is 5.26 Å². The number of hydrogen-bond acceptors (Lipinski definition) is 6. The summed E-state index contributed by atoms with van der Waals surface area (Å²) in [4.78, 5) is 31.1. The first-order valence-electron chi connectivity index (χ1n) is 11.3. The predicted molar refractivity (Wildman–Crippen MR) is 136 cm³/mol. The van der Waals surface area contributed by atoms with Crippen molar-refractivity contribution in [2.45, 2.75) is 19.8 Å². The number of carbonyl (C=O) groups excluding carboxylic acids is 2. The van der Waals surface area contributed by atoms with Gasteiger partial charge in [0, 0.05) is 29.3 Å². The molecule has 2 amide bonds. The first-order valence-corrected chi connectivity index (χ1v) is 12.2. The highest BCUT2D eigenvalue weighted by Gasteiger charge is 2.40. The highest BCUT2D eigenvalue weighted by molar-refractivity contribution is 7.11. The zero-order valence-electron chi connectivity index (χ0n) is 18.8. The second-order valence-corrected chi connectivity index (χ2v) is 9.62. The number of carbonyl (C=O) groups is 2. The fourth-order valence-corrected chi connectivity index (χ4v) is 5.15. The minimum atomic E-state index is -0.410. The monoisotopic (exact) mass is 468 g/mol. The molecule has 6 nitrogen and oxygen atoms in total. The molecular weight excluding hydrogens is 444 g/mol. The normalized spacial score (nSPS) is 16.8. The summed E-state index contributed by atoms with van der Waals surface area (Å²) in [5.41, 5.74) is 3.44. The molecule has 0 aliphatic carbocycles. The van der Waals surface area contributed by atoms with Crippen LogP contribution in [0.1, 0.15) is 30.2 Å². The Kier molecular flexibility index (Phi) is 5.91. The Morgan fingerprint density at radius 1 is 0.941 bits per heavy atom.